The van der Waals surface area contributed by atoms with Gasteiger partial charge >= 0.3 is 0 Å². The van der Waals surface area contributed by atoms with Gasteiger partial charge in [0.05, 0.1) is 25.6 Å². The van der Waals surface area contributed by atoms with Gasteiger partial charge in [0.1, 0.15) is 11.5 Å². The Morgan fingerprint density at radius 2 is 1.82 bits per heavy atom. The van der Waals surface area contributed by atoms with Crippen LogP contribution >= 0.6 is 0 Å². The van der Waals surface area contributed by atoms with E-state index in [-0.39, 0.29) is 6.04 Å². The fraction of sp³-hybridized carbons (Fsp3) is 0.429. The number of nitrogens with one attached hydrogen (secondary N) is 1. The minimum atomic E-state index is 0.289. The average molecular weight is 446 g/mol. The zero-order chi connectivity index (χ0) is 23.1. The fourth-order valence-corrected chi connectivity index (χ4v) is 5.77. The first-order valence-corrected chi connectivity index (χ1v) is 12.0. The second-order valence-electron chi connectivity index (χ2n) is 9.51. The summed E-state index contributed by atoms with van der Waals surface area (Å²) in [5.41, 5.74) is 7.70. The summed E-state index contributed by atoms with van der Waals surface area (Å²) >= 11 is 0. The topological polar surface area (TPSA) is 38.7 Å². The summed E-state index contributed by atoms with van der Waals surface area (Å²) in [4.78, 5) is 2.63. The van der Waals surface area contributed by atoms with Gasteiger partial charge < -0.3 is 19.4 Å². The Hall–Kier alpha value is -2.92. The third-order valence-electron chi connectivity index (χ3n) is 7.68. The third-order valence-corrected chi connectivity index (χ3v) is 7.68. The van der Waals surface area contributed by atoms with Crippen LogP contribution in [0.15, 0.2) is 48.7 Å². The standard InChI is InChI=1S/C28H35N3O2/c1-18-8-9-27-25(15-18)29-24-11-14-30(13-10-22(24)26-7-6-12-31(26)27)20(3)23-16-21(32-4)17-28(33-5)19(23)2/h6-9,12,15-17,20,22,24,29H,10-11,13-14H2,1-5H3. The summed E-state index contributed by atoms with van der Waals surface area (Å²) in [5.74, 6) is 2.22. The van der Waals surface area contributed by atoms with E-state index in [0.717, 1.165) is 37.4 Å². The summed E-state index contributed by atoms with van der Waals surface area (Å²) in [6.07, 6.45) is 4.44. The molecule has 33 heavy (non-hydrogen) atoms. The normalized spacial score (nSPS) is 21.0. The molecule has 0 saturated carbocycles. The zero-order valence-corrected chi connectivity index (χ0v) is 20.4. The molecule has 2 aliphatic rings. The first kappa shape index (κ1) is 21.9. The molecule has 0 aliphatic carbocycles. The monoisotopic (exact) mass is 445 g/mol. The van der Waals surface area contributed by atoms with E-state index in [1.54, 1.807) is 14.2 Å². The quantitative estimate of drug-likeness (QED) is 0.547. The van der Waals surface area contributed by atoms with Crippen molar-refractivity contribution < 1.29 is 9.47 Å². The van der Waals surface area contributed by atoms with Gasteiger partial charge in [-0.05, 0) is 87.2 Å². The van der Waals surface area contributed by atoms with Crippen molar-refractivity contribution in [3.63, 3.8) is 0 Å². The summed E-state index contributed by atoms with van der Waals surface area (Å²) in [6.45, 7) is 8.75. The van der Waals surface area contributed by atoms with Crippen LogP contribution in [0.1, 0.15) is 54.1 Å². The molecule has 3 unspecified atom stereocenters. The molecule has 3 heterocycles. The van der Waals surface area contributed by atoms with Crippen molar-refractivity contribution in [1.82, 2.24) is 9.47 Å². The summed E-state index contributed by atoms with van der Waals surface area (Å²) in [6, 6.07) is 16.1. The lowest BCUT2D eigenvalue weighted by molar-refractivity contribution is 0.216. The van der Waals surface area contributed by atoms with E-state index in [9.17, 15) is 0 Å². The number of aryl methyl sites for hydroxylation is 1. The number of hydrogen-bond donors (Lipinski definition) is 1. The number of nitrogens with zero attached hydrogens (tertiary/aromatic N) is 2. The lowest BCUT2D eigenvalue weighted by Gasteiger charge is -2.30. The molecule has 1 N–H and O–H groups in total. The van der Waals surface area contributed by atoms with E-state index in [1.165, 1.54) is 33.8 Å². The second-order valence-corrected chi connectivity index (χ2v) is 9.51. The van der Waals surface area contributed by atoms with Crippen LogP contribution < -0.4 is 14.8 Å². The fourth-order valence-electron chi connectivity index (χ4n) is 5.77. The largest absolute Gasteiger partial charge is 0.497 e. The first-order chi connectivity index (χ1) is 16.0. The summed E-state index contributed by atoms with van der Waals surface area (Å²) < 4.78 is 13.6. The van der Waals surface area contributed by atoms with Crippen LogP contribution in [0.25, 0.3) is 5.69 Å². The average Bonchev–Trinajstić information content (AvgIpc) is 3.15. The van der Waals surface area contributed by atoms with Crippen molar-refractivity contribution in [1.29, 1.82) is 0 Å². The number of aromatic nitrogens is 1. The molecule has 0 bridgehead atoms. The number of benzene rings is 2. The van der Waals surface area contributed by atoms with E-state index >= 15 is 0 Å². The van der Waals surface area contributed by atoms with Crippen LogP contribution in [-0.4, -0.2) is 42.8 Å². The maximum atomic E-state index is 5.64. The molecule has 0 spiro atoms. The Morgan fingerprint density at radius 3 is 2.61 bits per heavy atom. The Labute approximate surface area is 197 Å². The van der Waals surface area contributed by atoms with Gasteiger partial charge in [0.15, 0.2) is 0 Å². The molecular formula is C28H35N3O2. The molecule has 1 saturated heterocycles. The molecule has 1 fully saturated rings. The van der Waals surface area contributed by atoms with Crippen LogP contribution in [0.2, 0.25) is 0 Å². The smallest absolute Gasteiger partial charge is 0.125 e. The predicted octanol–water partition coefficient (Wildman–Crippen LogP) is 5.85. The van der Waals surface area contributed by atoms with Gasteiger partial charge in [0, 0.05) is 42.5 Å². The van der Waals surface area contributed by atoms with Crippen LogP contribution in [0.5, 0.6) is 11.5 Å². The molecule has 0 amide bonds. The Kier molecular flexibility index (Phi) is 5.83. The molecule has 1 aromatic heterocycles. The van der Waals surface area contributed by atoms with Gasteiger partial charge in [-0.15, -0.1) is 0 Å². The molecular weight excluding hydrogens is 410 g/mol. The summed E-state index contributed by atoms with van der Waals surface area (Å²) in [5, 5.41) is 3.93. The van der Waals surface area contributed by atoms with E-state index in [1.807, 2.05) is 6.07 Å². The highest BCUT2D eigenvalue weighted by Gasteiger charge is 2.34. The molecule has 5 heteroatoms. The maximum absolute atomic E-state index is 5.64. The molecule has 3 atom stereocenters. The number of fused-ring (bicyclic) bond motifs is 5. The Balaban J connectivity index is 1.44. The molecule has 5 nitrogen and oxygen atoms in total. The highest BCUT2D eigenvalue weighted by atomic mass is 16.5. The molecule has 2 aliphatic heterocycles. The molecule has 0 radical (unpaired) electrons. The van der Waals surface area contributed by atoms with E-state index in [2.05, 4.69) is 78.2 Å². The number of hydrogen-bond acceptors (Lipinski definition) is 4. The van der Waals surface area contributed by atoms with Gasteiger partial charge in [0.25, 0.3) is 0 Å². The number of rotatable bonds is 4. The van der Waals surface area contributed by atoms with E-state index in [0.29, 0.717) is 12.0 Å². The van der Waals surface area contributed by atoms with Gasteiger partial charge in [-0.25, -0.2) is 0 Å². The molecule has 2 aromatic carbocycles. The first-order valence-electron chi connectivity index (χ1n) is 12.0. The molecule has 174 valence electrons. The SMILES string of the molecule is COc1cc(OC)c(C)c(C(C)N2CCC3Nc4cc(C)ccc4-n4cccc4C3CC2)c1. The van der Waals surface area contributed by atoms with Crippen molar-refractivity contribution in [2.45, 2.75) is 51.6 Å². The van der Waals surface area contributed by atoms with Gasteiger partial charge in [-0.1, -0.05) is 6.07 Å². The van der Waals surface area contributed by atoms with Crippen molar-refractivity contribution in [2.75, 3.05) is 32.6 Å². The van der Waals surface area contributed by atoms with E-state index in [4.69, 9.17) is 9.47 Å². The van der Waals surface area contributed by atoms with Crippen LogP contribution in [0, 0.1) is 13.8 Å². The second kappa shape index (κ2) is 8.79. The predicted molar refractivity (Wildman–Crippen MR) is 134 cm³/mol. The highest BCUT2D eigenvalue weighted by Crippen LogP contribution is 2.40. The van der Waals surface area contributed by atoms with Gasteiger partial charge in [0.2, 0.25) is 0 Å². The molecule has 5 rings (SSSR count). The van der Waals surface area contributed by atoms with Gasteiger partial charge in [-0.3, -0.25) is 4.90 Å². The summed E-state index contributed by atoms with van der Waals surface area (Å²) in [7, 11) is 3.45. The lowest BCUT2D eigenvalue weighted by Crippen LogP contribution is -2.30. The molecule has 3 aromatic rings. The van der Waals surface area contributed by atoms with Crippen LogP contribution in [0.3, 0.4) is 0 Å². The van der Waals surface area contributed by atoms with E-state index < -0.39 is 0 Å². The van der Waals surface area contributed by atoms with Crippen molar-refractivity contribution >= 4 is 5.69 Å². The van der Waals surface area contributed by atoms with Crippen LogP contribution in [-0.2, 0) is 0 Å². The van der Waals surface area contributed by atoms with Crippen molar-refractivity contribution in [3.05, 3.63) is 71.0 Å². The minimum Gasteiger partial charge on any atom is -0.497 e. The number of anilines is 1. The minimum absolute atomic E-state index is 0.289. The number of methoxy groups -OCH3 is 2. The Bertz CT molecular complexity index is 1150. The lowest BCUT2D eigenvalue weighted by atomic mass is 9.91. The van der Waals surface area contributed by atoms with Crippen molar-refractivity contribution in [2.24, 2.45) is 0 Å². The third kappa shape index (κ3) is 3.89. The van der Waals surface area contributed by atoms with Gasteiger partial charge in [-0.2, -0.15) is 0 Å². The maximum Gasteiger partial charge on any atom is 0.125 e. The van der Waals surface area contributed by atoms with Crippen molar-refractivity contribution in [3.8, 4) is 17.2 Å². The number of likely N-dealkylation sites (tertiary alicyclic amines) is 1. The zero-order valence-electron chi connectivity index (χ0n) is 20.4. The highest BCUT2D eigenvalue weighted by molar-refractivity contribution is 5.65. The Morgan fingerprint density at radius 1 is 1.00 bits per heavy atom. The van der Waals surface area contributed by atoms with Crippen LogP contribution in [0.4, 0.5) is 5.69 Å². The number of ether oxygens (including phenoxy) is 2.